The second-order valence-corrected chi connectivity index (χ2v) is 7.82. The third kappa shape index (κ3) is 4.07. The lowest BCUT2D eigenvalue weighted by atomic mass is 10.00. The van der Waals surface area contributed by atoms with E-state index >= 15 is 0 Å². The van der Waals surface area contributed by atoms with Crippen molar-refractivity contribution >= 4 is 11.6 Å². The molecule has 1 unspecified atom stereocenters. The van der Waals surface area contributed by atoms with Gasteiger partial charge in [-0.3, -0.25) is 4.90 Å². The molecule has 1 N–H and O–H groups in total. The average molecular weight is 403 g/mol. The standard InChI is InChI=1S/C22H27ClN2O3/c1-26-20-6-5-17(23)12-19(20)15-10-16-13-25(14-18-4-3-7-24-18)8-9-28-22(16)21(11-15)27-2/h5-6,10-12,18,24H,3-4,7-9,13-14H2,1-2H3. The molecule has 1 saturated heterocycles. The molecule has 1 fully saturated rings. The van der Waals surface area contributed by atoms with Crippen LogP contribution in [0.4, 0.5) is 0 Å². The van der Waals surface area contributed by atoms with Gasteiger partial charge in [-0.15, -0.1) is 0 Å². The summed E-state index contributed by atoms with van der Waals surface area (Å²) < 4.78 is 17.3. The topological polar surface area (TPSA) is 43.0 Å². The zero-order valence-corrected chi connectivity index (χ0v) is 17.2. The first kappa shape index (κ1) is 19.4. The molecule has 2 heterocycles. The SMILES string of the molecule is COc1ccc(Cl)cc1-c1cc2c(c(OC)c1)OCCN(CC1CCCN1)C2. The summed E-state index contributed by atoms with van der Waals surface area (Å²) in [5, 5.41) is 4.27. The molecular weight excluding hydrogens is 376 g/mol. The highest BCUT2D eigenvalue weighted by Gasteiger charge is 2.24. The van der Waals surface area contributed by atoms with E-state index in [0.29, 0.717) is 17.7 Å². The zero-order valence-electron chi connectivity index (χ0n) is 16.5. The predicted octanol–water partition coefficient (Wildman–Crippen LogP) is 3.97. The van der Waals surface area contributed by atoms with Gasteiger partial charge in [-0.05, 0) is 55.3 Å². The fourth-order valence-corrected chi connectivity index (χ4v) is 4.30. The van der Waals surface area contributed by atoms with Crippen molar-refractivity contribution in [3.8, 4) is 28.4 Å². The normalized spacial score (nSPS) is 19.6. The van der Waals surface area contributed by atoms with E-state index in [9.17, 15) is 0 Å². The van der Waals surface area contributed by atoms with Crippen LogP contribution in [0.15, 0.2) is 30.3 Å². The minimum atomic E-state index is 0.569. The van der Waals surface area contributed by atoms with E-state index in [0.717, 1.165) is 60.1 Å². The van der Waals surface area contributed by atoms with Crippen LogP contribution in [-0.4, -0.2) is 51.4 Å². The van der Waals surface area contributed by atoms with E-state index in [1.807, 2.05) is 24.3 Å². The lowest BCUT2D eigenvalue weighted by Gasteiger charge is -2.23. The van der Waals surface area contributed by atoms with E-state index in [1.165, 1.54) is 12.8 Å². The maximum Gasteiger partial charge on any atom is 0.165 e. The van der Waals surface area contributed by atoms with Gasteiger partial charge in [0.2, 0.25) is 0 Å². The Kier molecular flexibility index (Phi) is 5.95. The number of nitrogens with zero attached hydrogens (tertiary/aromatic N) is 1. The van der Waals surface area contributed by atoms with Crippen molar-refractivity contribution in [2.45, 2.75) is 25.4 Å². The van der Waals surface area contributed by atoms with Crippen LogP contribution < -0.4 is 19.5 Å². The van der Waals surface area contributed by atoms with E-state index in [1.54, 1.807) is 14.2 Å². The van der Waals surface area contributed by atoms with Gasteiger partial charge in [0, 0.05) is 41.8 Å². The van der Waals surface area contributed by atoms with Gasteiger partial charge in [0.25, 0.3) is 0 Å². The molecule has 2 aliphatic heterocycles. The highest BCUT2D eigenvalue weighted by Crippen LogP contribution is 2.41. The van der Waals surface area contributed by atoms with Crippen molar-refractivity contribution in [1.82, 2.24) is 10.2 Å². The van der Waals surface area contributed by atoms with Crippen LogP contribution in [0.1, 0.15) is 18.4 Å². The Labute approximate surface area is 171 Å². The van der Waals surface area contributed by atoms with Gasteiger partial charge >= 0.3 is 0 Å². The third-order valence-corrected chi connectivity index (χ3v) is 5.75. The van der Waals surface area contributed by atoms with Crippen molar-refractivity contribution in [3.05, 3.63) is 40.9 Å². The maximum absolute atomic E-state index is 6.26. The smallest absolute Gasteiger partial charge is 0.165 e. The Morgan fingerprint density at radius 3 is 2.79 bits per heavy atom. The molecule has 0 bridgehead atoms. The first-order chi connectivity index (χ1) is 13.7. The van der Waals surface area contributed by atoms with Gasteiger partial charge < -0.3 is 19.5 Å². The molecule has 5 nitrogen and oxygen atoms in total. The number of nitrogens with one attached hydrogen (secondary N) is 1. The van der Waals surface area contributed by atoms with E-state index in [2.05, 4.69) is 16.3 Å². The van der Waals surface area contributed by atoms with Crippen LogP contribution in [0.2, 0.25) is 5.02 Å². The van der Waals surface area contributed by atoms with Crippen LogP contribution >= 0.6 is 11.6 Å². The van der Waals surface area contributed by atoms with Crippen molar-refractivity contribution in [2.75, 3.05) is 40.5 Å². The van der Waals surface area contributed by atoms with Crippen LogP contribution in [0.25, 0.3) is 11.1 Å². The Morgan fingerprint density at radius 2 is 2.04 bits per heavy atom. The lowest BCUT2D eigenvalue weighted by molar-refractivity contribution is 0.209. The van der Waals surface area contributed by atoms with Crippen molar-refractivity contribution < 1.29 is 14.2 Å². The quantitative estimate of drug-likeness (QED) is 0.819. The fraction of sp³-hybridized carbons (Fsp3) is 0.455. The molecule has 0 aliphatic carbocycles. The summed E-state index contributed by atoms with van der Waals surface area (Å²) in [5.74, 6) is 2.37. The van der Waals surface area contributed by atoms with Gasteiger partial charge in [0.05, 0.1) is 14.2 Å². The molecule has 6 heteroatoms. The molecule has 0 aromatic heterocycles. The van der Waals surface area contributed by atoms with Gasteiger partial charge in [-0.25, -0.2) is 0 Å². The van der Waals surface area contributed by atoms with E-state index in [4.69, 9.17) is 25.8 Å². The second kappa shape index (κ2) is 8.60. The number of hydrogen-bond donors (Lipinski definition) is 1. The summed E-state index contributed by atoms with van der Waals surface area (Å²) in [6, 6.07) is 10.4. The third-order valence-electron chi connectivity index (χ3n) is 5.51. The van der Waals surface area contributed by atoms with Crippen molar-refractivity contribution in [1.29, 1.82) is 0 Å². The van der Waals surface area contributed by atoms with Gasteiger partial charge in [0.1, 0.15) is 12.4 Å². The Hall–Kier alpha value is -1.95. The molecule has 0 spiro atoms. The van der Waals surface area contributed by atoms with Gasteiger partial charge in [0.15, 0.2) is 11.5 Å². The van der Waals surface area contributed by atoms with Gasteiger partial charge in [-0.1, -0.05) is 11.6 Å². The molecule has 150 valence electrons. The number of ether oxygens (including phenoxy) is 3. The van der Waals surface area contributed by atoms with Crippen molar-refractivity contribution in [3.63, 3.8) is 0 Å². The molecule has 2 aromatic carbocycles. The minimum Gasteiger partial charge on any atom is -0.496 e. The number of hydrogen-bond acceptors (Lipinski definition) is 5. The minimum absolute atomic E-state index is 0.569. The monoisotopic (exact) mass is 402 g/mol. The first-order valence-corrected chi connectivity index (χ1v) is 10.2. The molecule has 2 aromatic rings. The van der Waals surface area contributed by atoms with E-state index < -0.39 is 0 Å². The van der Waals surface area contributed by atoms with E-state index in [-0.39, 0.29) is 0 Å². The first-order valence-electron chi connectivity index (χ1n) is 9.81. The lowest BCUT2D eigenvalue weighted by Crippen LogP contribution is -2.38. The molecule has 0 saturated carbocycles. The number of halogens is 1. The highest BCUT2D eigenvalue weighted by atomic mass is 35.5. The Balaban J connectivity index is 1.70. The number of rotatable bonds is 5. The molecule has 2 aliphatic rings. The van der Waals surface area contributed by atoms with Crippen LogP contribution in [0.3, 0.4) is 0 Å². The number of methoxy groups -OCH3 is 2. The summed E-state index contributed by atoms with van der Waals surface area (Å²) in [4.78, 5) is 2.47. The van der Waals surface area contributed by atoms with Gasteiger partial charge in [-0.2, -0.15) is 0 Å². The molecule has 28 heavy (non-hydrogen) atoms. The van der Waals surface area contributed by atoms with Crippen LogP contribution in [0, 0.1) is 0 Å². The second-order valence-electron chi connectivity index (χ2n) is 7.39. The molecule has 0 radical (unpaired) electrons. The molecule has 4 rings (SSSR count). The molecule has 0 amide bonds. The highest BCUT2D eigenvalue weighted by molar-refractivity contribution is 6.31. The van der Waals surface area contributed by atoms with Crippen molar-refractivity contribution in [2.24, 2.45) is 0 Å². The Bertz CT molecular complexity index is 837. The molecular formula is C22H27ClN2O3. The summed E-state index contributed by atoms with van der Waals surface area (Å²) >= 11 is 6.26. The maximum atomic E-state index is 6.26. The van der Waals surface area contributed by atoms with Crippen LogP contribution in [-0.2, 0) is 6.54 Å². The molecule has 1 atom stereocenters. The summed E-state index contributed by atoms with van der Waals surface area (Å²) in [6.45, 7) is 4.57. The predicted molar refractivity (Wildman–Crippen MR) is 112 cm³/mol. The largest absolute Gasteiger partial charge is 0.496 e. The number of fused-ring (bicyclic) bond motifs is 1. The summed E-state index contributed by atoms with van der Waals surface area (Å²) in [5.41, 5.74) is 3.09. The van der Waals surface area contributed by atoms with Crippen LogP contribution in [0.5, 0.6) is 17.2 Å². The summed E-state index contributed by atoms with van der Waals surface area (Å²) in [6.07, 6.45) is 2.51. The zero-order chi connectivity index (χ0) is 19.5. The Morgan fingerprint density at radius 1 is 1.18 bits per heavy atom. The fourth-order valence-electron chi connectivity index (χ4n) is 4.13. The number of benzene rings is 2. The average Bonchev–Trinajstić information content (AvgIpc) is 3.12. The summed E-state index contributed by atoms with van der Waals surface area (Å²) in [7, 11) is 3.36.